The fourth-order valence-electron chi connectivity index (χ4n) is 7.39. The molecule has 0 spiro atoms. The molecule has 0 aliphatic rings. The summed E-state index contributed by atoms with van der Waals surface area (Å²) in [5.74, 6) is 1.88. The molecule has 218 valence electrons. The van der Waals surface area contributed by atoms with Crippen molar-refractivity contribution in [2.24, 2.45) is 0 Å². The molecule has 47 heavy (non-hydrogen) atoms. The monoisotopic (exact) mass is 598 g/mol. The van der Waals surface area contributed by atoms with E-state index in [1.54, 1.807) is 0 Å². The summed E-state index contributed by atoms with van der Waals surface area (Å²) >= 11 is 0. The van der Waals surface area contributed by atoms with Crippen molar-refractivity contribution in [3.05, 3.63) is 158 Å². The van der Waals surface area contributed by atoms with Crippen LogP contribution in [-0.4, -0.2) is 19.5 Å². The summed E-state index contributed by atoms with van der Waals surface area (Å²) in [6, 6.07) is 55.5. The van der Waals surface area contributed by atoms with E-state index in [1.165, 1.54) is 48.5 Å². The number of para-hydroxylation sites is 2. The van der Waals surface area contributed by atoms with Crippen molar-refractivity contribution in [1.82, 2.24) is 19.5 Å². The molecule has 10 rings (SSSR count). The lowest BCUT2D eigenvalue weighted by Crippen LogP contribution is -2.06. The van der Waals surface area contributed by atoms with Crippen LogP contribution in [0.5, 0.6) is 0 Å². The van der Waals surface area contributed by atoms with E-state index in [2.05, 4.69) is 144 Å². The third-order valence-corrected chi connectivity index (χ3v) is 9.42. The van der Waals surface area contributed by atoms with Gasteiger partial charge >= 0.3 is 0 Å². The zero-order chi connectivity index (χ0) is 30.9. The van der Waals surface area contributed by atoms with E-state index in [9.17, 15) is 0 Å². The number of aromatic nitrogens is 4. The Hall–Kier alpha value is -6.39. The summed E-state index contributed by atoms with van der Waals surface area (Å²) in [4.78, 5) is 15.7. The second kappa shape index (κ2) is 10.1. The summed E-state index contributed by atoms with van der Waals surface area (Å²) < 4.78 is 2.18. The van der Waals surface area contributed by atoms with Gasteiger partial charge in [0.05, 0.1) is 11.0 Å². The number of fused-ring (bicyclic) bond motifs is 11. The molecule has 0 saturated carbocycles. The van der Waals surface area contributed by atoms with Gasteiger partial charge in [-0.2, -0.15) is 9.97 Å². The maximum atomic E-state index is 5.31. The largest absolute Gasteiger partial charge is 0.278 e. The average molecular weight is 599 g/mol. The topological polar surface area (TPSA) is 43.6 Å². The first-order valence-corrected chi connectivity index (χ1v) is 15.9. The molecule has 0 fully saturated rings. The van der Waals surface area contributed by atoms with Gasteiger partial charge in [0, 0.05) is 21.9 Å². The molecule has 8 aromatic carbocycles. The van der Waals surface area contributed by atoms with Crippen molar-refractivity contribution < 1.29 is 0 Å². The number of nitrogens with zero attached hydrogens (tertiary/aromatic N) is 4. The van der Waals surface area contributed by atoms with Gasteiger partial charge in [0.15, 0.2) is 11.6 Å². The van der Waals surface area contributed by atoms with Crippen molar-refractivity contribution in [2.45, 2.75) is 0 Å². The maximum Gasteiger partial charge on any atom is 0.238 e. The molecule has 0 amide bonds. The summed E-state index contributed by atoms with van der Waals surface area (Å²) in [6.45, 7) is 0. The normalized spacial score (nSPS) is 11.8. The number of hydrogen-bond acceptors (Lipinski definition) is 3. The third-order valence-electron chi connectivity index (χ3n) is 9.42. The molecule has 2 heterocycles. The molecule has 4 heteroatoms. The molecule has 0 N–H and O–H groups in total. The lowest BCUT2D eigenvalue weighted by Gasteiger charge is -2.16. The van der Waals surface area contributed by atoms with Crippen LogP contribution in [0.1, 0.15) is 0 Å². The molecular formula is C43H26N4. The summed E-state index contributed by atoms with van der Waals surface area (Å²) in [5, 5.41) is 12.0. The zero-order valence-corrected chi connectivity index (χ0v) is 25.3. The Morgan fingerprint density at radius 1 is 0.340 bits per heavy atom. The fourth-order valence-corrected chi connectivity index (χ4v) is 7.39. The van der Waals surface area contributed by atoms with Crippen LogP contribution in [0.2, 0.25) is 0 Å². The van der Waals surface area contributed by atoms with Crippen LogP contribution in [-0.2, 0) is 0 Å². The molecule has 0 unspecified atom stereocenters. The molecule has 0 bridgehead atoms. The quantitative estimate of drug-likeness (QED) is 0.190. The molecular weight excluding hydrogens is 573 g/mol. The van der Waals surface area contributed by atoms with Crippen LogP contribution in [0.25, 0.3) is 93.6 Å². The molecule has 0 aliphatic heterocycles. The van der Waals surface area contributed by atoms with Crippen LogP contribution in [0.3, 0.4) is 0 Å². The van der Waals surface area contributed by atoms with E-state index < -0.39 is 0 Å². The molecule has 10 aromatic rings. The summed E-state index contributed by atoms with van der Waals surface area (Å²) in [7, 11) is 0. The van der Waals surface area contributed by atoms with Crippen molar-refractivity contribution >= 4 is 64.9 Å². The number of rotatable bonds is 3. The van der Waals surface area contributed by atoms with Gasteiger partial charge in [0.1, 0.15) is 0 Å². The Bertz CT molecular complexity index is 2800. The predicted octanol–water partition coefficient (Wildman–Crippen LogP) is 10.9. The lowest BCUT2D eigenvalue weighted by atomic mass is 9.89. The van der Waals surface area contributed by atoms with E-state index in [-0.39, 0.29) is 0 Å². The van der Waals surface area contributed by atoms with Gasteiger partial charge in [0.2, 0.25) is 5.95 Å². The van der Waals surface area contributed by atoms with Crippen LogP contribution in [0, 0.1) is 0 Å². The second-order valence-electron chi connectivity index (χ2n) is 12.0. The van der Waals surface area contributed by atoms with Crippen LogP contribution < -0.4 is 0 Å². The highest BCUT2D eigenvalue weighted by Gasteiger charge is 2.20. The van der Waals surface area contributed by atoms with E-state index in [1.807, 2.05) is 18.2 Å². The van der Waals surface area contributed by atoms with Gasteiger partial charge in [-0.1, -0.05) is 140 Å². The van der Waals surface area contributed by atoms with E-state index in [4.69, 9.17) is 15.0 Å². The lowest BCUT2D eigenvalue weighted by molar-refractivity contribution is 0.954. The first-order chi connectivity index (χ1) is 23.3. The van der Waals surface area contributed by atoms with Gasteiger partial charge in [-0.3, -0.25) is 4.57 Å². The smallest absolute Gasteiger partial charge is 0.238 e. The van der Waals surface area contributed by atoms with Crippen LogP contribution in [0.15, 0.2) is 158 Å². The minimum atomic E-state index is 0.596. The van der Waals surface area contributed by atoms with Crippen molar-refractivity contribution in [3.8, 4) is 28.7 Å². The van der Waals surface area contributed by atoms with Crippen molar-refractivity contribution in [1.29, 1.82) is 0 Å². The number of benzene rings is 8. The molecule has 0 aliphatic carbocycles. The predicted molar refractivity (Wildman–Crippen MR) is 195 cm³/mol. The highest BCUT2D eigenvalue weighted by molar-refractivity contribution is 6.32. The minimum Gasteiger partial charge on any atom is -0.278 e. The summed E-state index contributed by atoms with van der Waals surface area (Å²) in [6.07, 6.45) is 0. The number of hydrogen-bond donors (Lipinski definition) is 0. The Balaban J connectivity index is 1.36. The SMILES string of the molecule is c1ccc(-c2nc(-c3cc4c5ccccc5c5ccccc5c4c4ccccc34)nc(-n3c4ccccc4c4ccccc43)n2)cc1. The third kappa shape index (κ3) is 3.85. The van der Waals surface area contributed by atoms with Gasteiger partial charge in [0.25, 0.3) is 0 Å². The first-order valence-electron chi connectivity index (χ1n) is 15.9. The van der Waals surface area contributed by atoms with E-state index in [0.29, 0.717) is 17.6 Å². The van der Waals surface area contributed by atoms with Crippen molar-refractivity contribution in [2.75, 3.05) is 0 Å². The molecule has 2 aromatic heterocycles. The minimum absolute atomic E-state index is 0.596. The van der Waals surface area contributed by atoms with Gasteiger partial charge in [-0.15, -0.1) is 0 Å². The zero-order valence-electron chi connectivity index (χ0n) is 25.3. The second-order valence-corrected chi connectivity index (χ2v) is 12.0. The standard InChI is InChI=1S/C43H26N4/c1-2-14-27(15-3-1)41-44-42(46-43(45-41)47-38-24-12-10-20-32(38)33-21-11-13-25-39(33)47)37-26-36-30-18-5-4-16-28(30)29-17-6-8-22-34(29)40(36)35-23-9-7-19-31(35)37/h1-26H. The maximum absolute atomic E-state index is 5.31. The Morgan fingerprint density at radius 3 is 1.43 bits per heavy atom. The first kappa shape index (κ1) is 25.9. The Kier molecular flexibility index (Phi) is 5.54. The van der Waals surface area contributed by atoms with E-state index in [0.717, 1.165) is 27.5 Å². The Labute approximate surface area is 270 Å². The van der Waals surface area contributed by atoms with Crippen molar-refractivity contribution in [3.63, 3.8) is 0 Å². The fraction of sp³-hybridized carbons (Fsp3) is 0. The molecule has 0 saturated heterocycles. The highest BCUT2D eigenvalue weighted by Crippen LogP contribution is 2.42. The van der Waals surface area contributed by atoms with Crippen LogP contribution >= 0.6 is 0 Å². The van der Waals surface area contributed by atoms with Crippen LogP contribution in [0.4, 0.5) is 0 Å². The molecule has 0 atom stereocenters. The van der Waals surface area contributed by atoms with Gasteiger partial charge in [-0.25, -0.2) is 4.98 Å². The summed E-state index contributed by atoms with van der Waals surface area (Å²) in [5.41, 5.74) is 4.05. The highest BCUT2D eigenvalue weighted by atomic mass is 15.2. The molecule has 0 radical (unpaired) electrons. The van der Waals surface area contributed by atoms with Gasteiger partial charge < -0.3 is 0 Å². The average Bonchev–Trinajstić information content (AvgIpc) is 3.49. The van der Waals surface area contributed by atoms with E-state index >= 15 is 0 Å². The Morgan fingerprint density at radius 2 is 0.787 bits per heavy atom. The molecule has 4 nitrogen and oxygen atoms in total. The van der Waals surface area contributed by atoms with Gasteiger partial charge in [-0.05, 0) is 61.3 Å².